The highest BCUT2D eigenvalue weighted by Crippen LogP contribution is 2.21. The van der Waals surface area contributed by atoms with E-state index in [2.05, 4.69) is 55.9 Å². The van der Waals surface area contributed by atoms with Gasteiger partial charge in [0, 0.05) is 32.1 Å². The largest absolute Gasteiger partial charge is 0.491 e. The minimum atomic E-state index is 0. The molecule has 3 rings (SSSR count). The van der Waals surface area contributed by atoms with Gasteiger partial charge >= 0.3 is 0 Å². The highest BCUT2D eigenvalue weighted by Gasteiger charge is 2.09. The third-order valence-corrected chi connectivity index (χ3v) is 4.18. The summed E-state index contributed by atoms with van der Waals surface area (Å²) in [5, 5.41) is 13.7. The van der Waals surface area contributed by atoms with Crippen LogP contribution in [0.2, 0.25) is 0 Å². The van der Waals surface area contributed by atoms with Crippen molar-refractivity contribution in [1.29, 1.82) is 0 Å². The minimum Gasteiger partial charge on any atom is -0.491 e. The number of nitrogens with one attached hydrogen (secondary N) is 3. The molecule has 0 amide bonds. The average Bonchev–Trinajstić information content (AvgIpc) is 3.37. The molecule has 9 heteroatoms. The van der Waals surface area contributed by atoms with Crippen LogP contribution in [0.1, 0.15) is 30.8 Å². The first-order valence-corrected chi connectivity index (χ1v) is 9.71. The number of guanidine groups is 1. The van der Waals surface area contributed by atoms with Crippen molar-refractivity contribution >= 4 is 29.9 Å². The summed E-state index contributed by atoms with van der Waals surface area (Å²) in [4.78, 5) is 8.72. The van der Waals surface area contributed by atoms with Crippen molar-refractivity contribution in [2.45, 2.75) is 39.8 Å². The number of halogens is 1. The maximum absolute atomic E-state index is 5.94. The van der Waals surface area contributed by atoms with Crippen LogP contribution in [0.15, 0.2) is 46.0 Å². The van der Waals surface area contributed by atoms with Gasteiger partial charge < -0.3 is 19.8 Å². The molecule has 0 unspecified atom stereocenters. The van der Waals surface area contributed by atoms with E-state index in [1.165, 1.54) is 5.56 Å². The number of benzene rings is 1. The number of furan rings is 1. The van der Waals surface area contributed by atoms with Gasteiger partial charge in [0.25, 0.3) is 0 Å². The molecule has 162 valence electrons. The molecule has 0 bridgehead atoms. The Hall–Kier alpha value is -2.56. The highest BCUT2D eigenvalue weighted by atomic mass is 127. The molecule has 2 heterocycles. The maximum Gasteiger partial charge on any atom is 0.216 e. The van der Waals surface area contributed by atoms with E-state index in [0.29, 0.717) is 37.1 Å². The molecule has 3 N–H and O–H groups in total. The SMILES string of the molecule is CN=C(NCCc1nc(-c2ccco2)n[nH]1)NCc1ccc(C)cc1OC(C)C.I. The Morgan fingerprint density at radius 2 is 2.10 bits per heavy atom. The molecule has 0 spiro atoms. The zero-order valence-electron chi connectivity index (χ0n) is 17.7. The van der Waals surface area contributed by atoms with Gasteiger partial charge in [-0.25, -0.2) is 4.98 Å². The van der Waals surface area contributed by atoms with Gasteiger partial charge in [0.1, 0.15) is 11.6 Å². The fourth-order valence-electron chi connectivity index (χ4n) is 2.79. The van der Waals surface area contributed by atoms with Crippen molar-refractivity contribution in [3.8, 4) is 17.3 Å². The predicted octanol–water partition coefficient (Wildman–Crippen LogP) is 3.69. The van der Waals surface area contributed by atoms with Crippen molar-refractivity contribution in [2.24, 2.45) is 4.99 Å². The van der Waals surface area contributed by atoms with Gasteiger partial charge in [-0.05, 0) is 44.5 Å². The molecule has 0 fully saturated rings. The number of rotatable bonds is 8. The van der Waals surface area contributed by atoms with Crippen molar-refractivity contribution in [3.63, 3.8) is 0 Å². The summed E-state index contributed by atoms with van der Waals surface area (Å²) in [6, 6.07) is 9.88. The Balaban J connectivity index is 0.00000320. The number of H-pyrrole nitrogens is 1. The van der Waals surface area contributed by atoms with Crippen molar-refractivity contribution in [1.82, 2.24) is 25.8 Å². The highest BCUT2D eigenvalue weighted by molar-refractivity contribution is 14.0. The third kappa shape index (κ3) is 6.75. The monoisotopic (exact) mass is 524 g/mol. The molecule has 0 saturated heterocycles. The second-order valence-electron chi connectivity index (χ2n) is 6.96. The van der Waals surface area contributed by atoms with Gasteiger partial charge in [0.2, 0.25) is 5.82 Å². The number of aromatic nitrogens is 3. The molecule has 0 aliphatic carbocycles. The van der Waals surface area contributed by atoms with Crippen molar-refractivity contribution in [3.05, 3.63) is 53.5 Å². The average molecular weight is 524 g/mol. The summed E-state index contributed by atoms with van der Waals surface area (Å²) < 4.78 is 11.2. The summed E-state index contributed by atoms with van der Waals surface area (Å²) in [5.74, 6) is 3.60. The van der Waals surface area contributed by atoms with E-state index in [1.807, 2.05) is 26.0 Å². The molecule has 0 atom stereocenters. The summed E-state index contributed by atoms with van der Waals surface area (Å²) in [6.45, 7) is 7.40. The van der Waals surface area contributed by atoms with Crippen LogP contribution in [-0.2, 0) is 13.0 Å². The van der Waals surface area contributed by atoms with Gasteiger partial charge in [0.15, 0.2) is 11.7 Å². The normalized spacial score (nSPS) is 11.3. The van der Waals surface area contributed by atoms with E-state index in [0.717, 1.165) is 17.1 Å². The van der Waals surface area contributed by atoms with Gasteiger partial charge in [-0.15, -0.1) is 24.0 Å². The molecule has 3 aromatic rings. The van der Waals surface area contributed by atoms with Crippen molar-refractivity contribution < 1.29 is 9.15 Å². The fourth-order valence-corrected chi connectivity index (χ4v) is 2.79. The van der Waals surface area contributed by atoms with E-state index in [4.69, 9.17) is 9.15 Å². The first kappa shape index (κ1) is 23.7. The van der Waals surface area contributed by atoms with Crippen LogP contribution in [0.25, 0.3) is 11.6 Å². The van der Waals surface area contributed by atoms with Crippen molar-refractivity contribution in [2.75, 3.05) is 13.6 Å². The van der Waals surface area contributed by atoms with Crippen LogP contribution in [0.3, 0.4) is 0 Å². The number of aliphatic imine (C=N–C) groups is 1. The Labute approximate surface area is 193 Å². The molecular weight excluding hydrogens is 495 g/mol. The lowest BCUT2D eigenvalue weighted by molar-refractivity contribution is 0.239. The summed E-state index contributed by atoms with van der Waals surface area (Å²) in [6.07, 6.45) is 2.41. The molecular formula is C21H29IN6O2. The van der Waals surface area contributed by atoms with E-state index in [1.54, 1.807) is 13.3 Å². The summed E-state index contributed by atoms with van der Waals surface area (Å²) in [7, 11) is 1.75. The van der Waals surface area contributed by atoms with E-state index >= 15 is 0 Å². The van der Waals surface area contributed by atoms with Crippen LogP contribution in [0, 0.1) is 6.92 Å². The number of aromatic amines is 1. The lowest BCUT2D eigenvalue weighted by atomic mass is 10.1. The molecule has 8 nitrogen and oxygen atoms in total. The fraction of sp³-hybridized carbons (Fsp3) is 0.381. The maximum atomic E-state index is 5.94. The van der Waals surface area contributed by atoms with Crippen LogP contribution in [-0.4, -0.2) is 40.8 Å². The second-order valence-corrected chi connectivity index (χ2v) is 6.96. The van der Waals surface area contributed by atoms with E-state index in [9.17, 15) is 0 Å². The van der Waals surface area contributed by atoms with Crippen LogP contribution < -0.4 is 15.4 Å². The quantitative estimate of drug-likeness (QED) is 0.236. The van der Waals surface area contributed by atoms with Gasteiger partial charge in [-0.1, -0.05) is 12.1 Å². The van der Waals surface area contributed by atoms with Gasteiger partial charge in [-0.2, -0.15) is 5.10 Å². The molecule has 2 aromatic heterocycles. The van der Waals surface area contributed by atoms with Crippen LogP contribution in [0.5, 0.6) is 5.75 Å². The Morgan fingerprint density at radius 1 is 1.27 bits per heavy atom. The zero-order chi connectivity index (χ0) is 20.6. The third-order valence-electron chi connectivity index (χ3n) is 4.18. The van der Waals surface area contributed by atoms with Crippen LogP contribution in [0.4, 0.5) is 0 Å². The van der Waals surface area contributed by atoms with E-state index < -0.39 is 0 Å². The molecule has 0 aliphatic rings. The number of hydrogen-bond donors (Lipinski definition) is 3. The number of ether oxygens (including phenoxy) is 1. The van der Waals surface area contributed by atoms with Crippen LogP contribution >= 0.6 is 24.0 Å². The zero-order valence-corrected chi connectivity index (χ0v) is 20.1. The molecule has 0 saturated carbocycles. The number of hydrogen-bond acceptors (Lipinski definition) is 5. The van der Waals surface area contributed by atoms with E-state index in [-0.39, 0.29) is 30.1 Å². The molecule has 30 heavy (non-hydrogen) atoms. The predicted molar refractivity (Wildman–Crippen MR) is 128 cm³/mol. The second kappa shape index (κ2) is 11.6. The molecule has 0 aliphatic heterocycles. The molecule has 1 aromatic carbocycles. The number of aryl methyl sites for hydroxylation is 1. The standard InChI is InChI=1S/C21H28N6O2.HI/c1-14(2)29-18-12-15(3)7-8-16(18)13-24-21(22-4)23-10-9-19-25-20(27-26-19)17-6-5-11-28-17;/h5-8,11-12,14H,9-10,13H2,1-4H3,(H2,22,23,24)(H,25,26,27);1H. The first-order chi connectivity index (χ1) is 14.0. The minimum absolute atomic E-state index is 0. The number of nitrogens with zero attached hydrogens (tertiary/aromatic N) is 3. The molecule has 0 radical (unpaired) electrons. The Bertz CT molecular complexity index is 937. The Morgan fingerprint density at radius 3 is 2.80 bits per heavy atom. The lowest BCUT2D eigenvalue weighted by Crippen LogP contribution is -2.38. The topological polar surface area (TPSA) is 100 Å². The first-order valence-electron chi connectivity index (χ1n) is 9.71. The lowest BCUT2D eigenvalue weighted by Gasteiger charge is -2.17. The summed E-state index contributed by atoms with van der Waals surface area (Å²) >= 11 is 0. The van der Waals surface area contributed by atoms with Gasteiger partial charge in [0.05, 0.1) is 12.4 Å². The Kier molecular flexibility index (Phi) is 9.15. The smallest absolute Gasteiger partial charge is 0.216 e. The summed E-state index contributed by atoms with van der Waals surface area (Å²) in [5.41, 5.74) is 2.26. The van der Waals surface area contributed by atoms with Gasteiger partial charge in [-0.3, -0.25) is 10.1 Å².